The first-order valence-corrected chi connectivity index (χ1v) is 6.88. The van der Waals surface area contributed by atoms with E-state index in [2.05, 4.69) is 15.5 Å². The predicted molar refractivity (Wildman–Crippen MR) is 83.6 cm³/mol. The SMILES string of the molecule is Cc1ccc(-c2nnc(C(=O)Nc3cccc(C#N)c3)o2)cc1. The third kappa shape index (κ3) is 3.24. The minimum Gasteiger partial charge on any atom is -0.412 e. The Morgan fingerprint density at radius 2 is 1.96 bits per heavy atom. The summed E-state index contributed by atoms with van der Waals surface area (Å²) in [5, 5.41) is 19.1. The fourth-order valence-electron chi connectivity index (χ4n) is 1.98. The van der Waals surface area contributed by atoms with Gasteiger partial charge in [0, 0.05) is 11.3 Å². The van der Waals surface area contributed by atoms with E-state index in [9.17, 15) is 4.79 Å². The van der Waals surface area contributed by atoms with Crippen molar-refractivity contribution in [3.63, 3.8) is 0 Å². The van der Waals surface area contributed by atoms with Crippen LogP contribution >= 0.6 is 0 Å². The first-order valence-electron chi connectivity index (χ1n) is 6.88. The predicted octanol–water partition coefficient (Wildman–Crippen LogP) is 3.17. The Hall–Kier alpha value is -3.46. The van der Waals surface area contributed by atoms with Crippen LogP contribution in [0.5, 0.6) is 0 Å². The Labute approximate surface area is 132 Å². The van der Waals surface area contributed by atoms with Crippen LogP contribution in [0.3, 0.4) is 0 Å². The molecule has 0 radical (unpaired) electrons. The number of nitriles is 1. The molecular weight excluding hydrogens is 292 g/mol. The highest BCUT2D eigenvalue weighted by Crippen LogP contribution is 2.19. The maximum Gasteiger partial charge on any atom is 0.313 e. The zero-order valence-corrected chi connectivity index (χ0v) is 12.3. The second-order valence-electron chi connectivity index (χ2n) is 4.93. The fourth-order valence-corrected chi connectivity index (χ4v) is 1.98. The molecule has 1 amide bonds. The summed E-state index contributed by atoms with van der Waals surface area (Å²) in [6, 6.07) is 16.1. The molecular formula is C17H12N4O2. The summed E-state index contributed by atoms with van der Waals surface area (Å²) in [7, 11) is 0. The average Bonchev–Trinajstić information content (AvgIpc) is 3.06. The first kappa shape index (κ1) is 14.5. The molecule has 112 valence electrons. The Morgan fingerprint density at radius 1 is 1.17 bits per heavy atom. The van der Waals surface area contributed by atoms with Crippen LogP contribution in [0.25, 0.3) is 11.5 Å². The van der Waals surface area contributed by atoms with E-state index in [1.54, 1.807) is 24.3 Å². The van der Waals surface area contributed by atoms with Crippen LogP contribution in [0, 0.1) is 18.3 Å². The number of nitrogens with one attached hydrogen (secondary N) is 1. The van der Waals surface area contributed by atoms with Crippen LogP contribution in [0.2, 0.25) is 0 Å². The largest absolute Gasteiger partial charge is 0.412 e. The van der Waals surface area contributed by atoms with Crippen LogP contribution in [-0.2, 0) is 0 Å². The summed E-state index contributed by atoms with van der Waals surface area (Å²) in [5.41, 5.74) is 2.80. The van der Waals surface area contributed by atoms with Crippen LogP contribution in [0.15, 0.2) is 52.9 Å². The van der Waals surface area contributed by atoms with Crippen LogP contribution in [-0.4, -0.2) is 16.1 Å². The highest BCUT2D eigenvalue weighted by molar-refractivity contribution is 6.01. The molecule has 0 aliphatic rings. The van der Waals surface area contributed by atoms with Crippen molar-refractivity contribution < 1.29 is 9.21 Å². The molecule has 0 spiro atoms. The normalized spacial score (nSPS) is 10.1. The quantitative estimate of drug-likeness (QED) is 0.802. The lowest BCUT2D eigenvalue weighted by molar-refractivity contribution is 0.0991. The van der Waals surface area contributed by atoms with Gasteiger partial charge in [0.1, 0.15) is 0 Å². The monoisotopic (exact) mass is 304 g/mol. The molecule has 3 aromatic rings. The van der Waals surface area contributed by atoms with Crippen molar-refractivity contribution >= 4 is 11.6 Å². The third-order valence-corrected chi connectivity index (χ3v) is 3.17. The molecule has 0 aliphatic carbocycles. The van der Waals surface area contributed by atoms with Gasteiger partial charge in [0.05, 0.1) is 11.6 Å². The van der Waals surface area contributed by atoms with Gasteiger partial charge in [-0.2, -0.15) is 5.26 Å². The summed E-state index contributed by atoms with van der Waals surface area (Å²) >= 11 is 0. The van der Waals surface area contributed by atoms with Gasteiger partial charge < -0.3 is 9.73 Å². The van der Waals surface area contributed by atoms with E-state index in [-0.39, 0.29) is 11.8 Å². The molecule has 6 heteroatoms. The molecule has 6 nitrogen and oxygen atoms in total. The van der Waals surface area contributed by atoms with Crippen molar-refractivity contribution in [2.45, 2.75) is 6.92 Å². The second kappa shape index (κ2) is 6.12. The Kier molecular flexibility index (Phi) is 3.85. The van der Waals surface area contributed by atoms with Crippen molar-refractivity contribution in [2.75, 3.05) is 5.32 Å². The lowest BCUT2D eigenvalue weighted by Gasteiger charge is -2.01. The molecule has 0 saturated carbocycles. The molecule has 0 aliphatic heterocycles. The van der Waals surface area contributed by atoms with Gasteiger partial charge in [0.15, 0.2) is 0 Å². The number of hydrogen-bond acceptors (Lipinski definition) is 5. The van der Waals surface area contributed by atoms with E-state index in [0.717, 1.165) is 11.1 Å². The number of amides is 1. The lowest BCUT2D eigenvalue weighted by Crippen LogP contribution is -2.12. The van der Waals surface area contributed by atoms with E-state index in [1.807, 2.05) is 37.3 Å². The number of nitrogens with zero attached hydrogens (tertiary/aromatic N) is 3. The molecule has 0 bridgehead atoms. The van der Waals surface area contributed by atoms with Crippen molar-refractivity contribution in [3.8, 4) is 17.5 Å². The zero-order valence-electron chi connectivity index (χ0n) is 12.3. The number of carbonyl (C=O) groups excluding carboxylic acids is 1. The molecule has 2 aromatic carbocycles. The first-order chi connectivity index (χ1) is 11.2. The number of hydrogen-bond donors (Lipinski definition) is 1. The Balaban J connectivity index is 1.78. The summed E-state index contributed by atoms with van der Waals surface area (Å²) in [4.78, 5) is 12.1. The molecule has 0 atom stereocenters. The van der Waals surface area contributed by atoms with Crippen molar-refractivity contribution in [3.05, 3.63) is 65.5 Å². The van der Waals surface area contributed by atoms with E-state index >= 15 is 0 Å². The molecule has 3 rings (SSSR count). The molecule has 1 heterocycles. The van der Waals surface area contributed by atoms with Crippen LogP contribution in [0.4, 0.5) is 5.69 Å². The molecule has 1 aromatic heterocycles. The van der Waals surface area contributed by atoms with Crippen molar-refractivity contribution in [1.82, 2.24) is 10.2 Å². The molecule has 0 unspecified atom stereocenters. The fraction of sp³-hybridized carbons (Fsp3) is 0.0588. The maximum absolute atomic E-state index is 12.1. The van der Waals surface area contributed by atoms with E-state index < -0.39 is 5.91 Å². The highest BCUT2D eigenvalue weighted by atomic mass is 16.4. The topological polar surface area (TPSA) is 91.8 Å². The van der Waals surface area contributed by atoms with Gasteiger partial charge >= 0.3 is 11.8 Å². The number of rotatable bonds is 3. The zero-order chi connectivity index (χ0) is 16.2. The number of anilines is 1. The summed E-state index contributed by atoms with van der Waals surface area (Å²) in [5.74, 6) is -0.380. The number of benzene rings is 2. The van der Waals surface area contributed by atoms with Gasteiger partial charge in [-0.3, -0.25) is 4.79 Å². The van der Waals surface area contributed by atoms with Crippen LogP contribution in [0.1, 0.15) is 21.8 Å². The standard InChI is InChI=1S/C17H12N4O2/c1-11-5-7-13(8-6-11)16-20-21-17(23-16)15(22)19-14-4-2-3-12(9-14)10-18/h2-9H,1H3,(H,19,22). The number of carbonyl (C=O) groups is 1. The van der Waals surface area contributed by atoms with Crippen LogP contribution < -0.4 is 5.32 Å². The highest BCUT2D eigenvalue weighted by Gasteiger charge is 2.16. The van der Waals surface area contributed by atoms with Crippen molar-refractivity contribution in [2.24, 2.45) is 0 Å². The molecule has 23 heavy (non-hydrogen) atoms. The Bertz CT molecular complexity index is 891. The number of aromatic nitrogens is 2. The van der Waals surface area contributed by atoms with E-state index in [4.69, 9.17) is 9.68 Å². The summed E-state index contributed by atoms with van der Waals surface area (Å²) < 4.78 is 5.40. The Morgan fingerprint density at radius 3 is 2.70 bits per heavy atom. The van der Waals surface area contributed by atoms with Gasteiger partial charge in [-0.15, -0.1) is 10.2 Å². The third-order valence-electron chi connectivity index (χ3n) is 3.17. The van der Waals surface area contributed by atoms with Crippen molar-refractivity contribution in [1.29, 1.82) is 5.26 Å². The average molecular weight is 304 g/mol. The van der Waals surface area contributed by atoms with E-state index in [0.29, 0.717) is 11.3 Å². The summed E-state index contributed by atoms with van der Waals surface area (Å²) in [6.45, 7) is 1.98. The number of aryl methyl sites for hydroxylation is 1. The van der Waals surface area contributed by atoms with E-state index in [1.165, 1.54) is 0 Å². The molecule has 0 fully saturated rings. The molecule has 1 N–H and O–H groups in total. The van der Waals surface area contributed by atoms with Gasteiger partial charge in [0.25, 0.3) is 0 Å². The van der Waals surface area contributed by atoms with Gasteiger partial charge in [-0.05, 0) is 37.3 Å². The van der Waals surface area contributed by atoms with Gasteiger partial charge in [-0.1, -0.05) is 23.8 Å². The summed E-state index contributed by atoms with van der Waals surface area (Å²) in [6.07, 6.45) is 0. The minimum atomic E-state index is -0.522. The second-order valence-corrected chi connectivity index (χ2v) is 4.93. The molecule has 0 saturated heterocycles. The lowest BCUT2D eigenvalue weighted by atomic mass is 10.1. The van der Waals surface area contributed by atoms with Gasteiger partial charge in [-0.25, -0.2) is 0 Å². The smallest absolute Gasteiger partial charge is 0.313 e. The maximum atomic E-state index is 12.1. The van der Waals surface area contributed by atoms with Gasteiger partial charge in [0.2, 0.25) is 5.89 Å². The minimum absolute atomic E-state index is 0.136.